The van der Waals surface area contributed by atoms with E-state index in [2.05, 4.69) is 11.4 Å². The van der Waals surface area contributed by atoms with Crippen molar-refractivity contribution in [1.29, 1.82) is 5.26 Å². The van der Waals surface area contributed by atoms with E-state index in [0.29, 0.717) is 6.42 Å². The van der Waals surface area contributed by atoms with E-state index in [9.17, 15) is 4.79 Å². The van der Waals surface area contributed by atoms with Crippen molar-refractivity contribution < 1.29 is 4.79 Å². The molecule has 4 bridgehead atoms. The van der Waals surface area contributed by atoms with Gasteiger partial charge in [0.25, 0.3) is 0 Å². The third-order valence-corrected chi connectivity index (χ3v) is 5.78. The Balaban J connectivity index is 1.65. The van der Waals surface area contributed by atoms with Gasteiger partial charge in [-0.3, -0.25) is 0 Å². The van der Waals surface area contributed by atoms with Crippen LogP contribution in [0, 0.1) is 29.1 Å². The van der Waals surface area contributed by atoms with Crippen LogP contribution in [0.1, 0.15) is 51.9 Å². The fourth-order valence-electron chi connectivity index (χ4n) is 5.05. The minimum atomic E-state index is -0.0195. The molecule has 4 heteroatoms. The first kappa shape index (κ1) is 13.7. The summed E-state index contributed by atoms with van der Waals surface area (Å²) in [5, 5.41) is 12.1. The van der Waals surface area contributed by atoms with Crippen LogP contribution in [-0.2, 0) is 0 Å². The predicted octanol–water partition coefficient (Wildman–Crippen LogP) is 2.90. The van der Waals surface area contributed by atoms with E-state index in [0.717, 1.165) is 17.8 Å². The van der Waals surface area contributed by atoms with Gasteiger partial charge in [-0.05, 0) is 63.2 Å². The molecule has 1 unspecified atom stereocenters. The Hall–Kier alpha value is -1.24. The summed E-state index contributed by atoms with van der Waals surface area (Å²) in [7, 11) is 1.80. The molecule has 4 aliphatic rings. The normalized spacial score (nSPS) is 39.1. The molecule has 0 spiro atoms. The molecule has 2 amide bonds. The fourth-order valence-corrected chi connectivity index (χ4v) is 5.05. The van der Waals surface area contributed by atoms with Crippen molar-refractivity contribution >= 4 is 6.03 Å². The van der Waals surface area contributed by atoms with Crippen LogP contribution < -0.4 is 5.32 Å². The number of rotatable bonds is 3. The van der Waals surface area contributed by atoms with E-state index >= 15 is 0 Å². The van der Waals surface area contributed by atoms with Crippen LogP contribution in [0.2, 0.25) is 0 Å². The zero-order valence-electron chi connectivity index (χ0n) is 12.6. The molecule has 0 aromatic rings. The van der Waals surface area contributed by atoms with E-state index in [4.69, 9.17) is 5.26 Å². The molecule has 0 aromatic carbocycles. The SMILES string of the molecule is CC(CC#N)N(C)C(=O)NC12CC3CC(CC(C3)C1)C2. The van der Waals surface area contributed by atoms with Crippen molar-refractivity contribution in [3.8, 4) is 6.07 Å². The van der Waals surface area contributed by atoms with Crippen LogP contribution >= 0.6 is 0 Å². The van der Waals surface area contributed by atoms with Crippen LogP contribution in [0.25, 0.3) is 0 Å². The van der Waals surface area contributed by atoms with Gasteiger partial charge in [0.15, 0.2) is 0 Å². The van der Waals surface area contributed by atoms with E-state index in [-0.39, 0.29) is 17.6 Å². The lowest BCUT2D eigenvalue weighted by Gasteiger charge is -2.57. The number of nitrogens with one attached hydrogen (secondary N) is 1. The zero-order valence-corrected chi connectivity index (χ0v) is 12.6. The summed E-state index contributed by atoms with van der Waals surface area (Å²) in [6, 6.07) is 2.13. The summed E-state index contributed by atoms with van der Waals surface area (Å²) < 4.78 is 0. The lowest BCUT2D eigenvalue weighted by Crippen LogP contribution is -2.62. The maximum Gasteiger partial charge on any atom is 0.317 e. The molecular formula is C16H25N3O. The van der Waals surface area contributed by atoms with Gasteiger partial charge in [0.2, 0.25) is 0 Å². The van der Waals surface area contributed by atoms with Crippen molar-refractivity contribution in [2.45, 2.75) is 63.5 Å². The second kappa shape index (κ2) is 4.95. The van der Waals surface area contributed by atoms with Gasteiger partial charge in [-0.25, -0.2) is 4.79 Å². The van der Waals surface area contributed by atoms with Crippen LogP contribution in [0.4, 0.5) is 4.79 Å². The number of carbonyl (C=O) groups is 1. The first-order valence-corrected chi connectivity index (χ1v) is 7.93. The first-order valence-electron chi connectivity index (χ1n) is 7.93. The Kier molecular flexibility index (Phi) is 3.40. The minimum absolute atomic E-state index is 0.00898. The van der Waals surface area contributed by atoms with Gasteiger partial charge in [-0.15, -0.1) is 0 Å². The standard InChI is InChI=1S/C16H25N3O/c1-11(3-4-17)19(2)15(20)18-16-8-12-5-13(9-16)7-14(6-12)10-16/h11-14H,3,5-10H2,1-2H3,(H,18,20). The lowest BCUT2D eigenvalue weighted by molar-refractivity contribution is -0.0157. The van der Waals surface area contributed by atoms with Crippen LogP contribution in [0.5, 0.6) is 0 Å². The average Bonchev–Trinajstić information content (AvgIpc) is 2.35. The molecule has 0 aromatic heterocycles. The van der Waals surface area contributed by atoms with Gasteiger partial charge in [0, 0.05) is 18.6 Å². The van der Waals surface area contributed by atoms with Crippen molar-refractivity contribution in [3.05, 3.63) is 0 Å². The van der Waals surface area contributed by atoms with Crippen molar-refractivity contribution in [2.24, 2.45) is 17.8 Å². The highest BCUT2D eigenvalue weighted by molar-refractivity contribution is 5.75. The predicted molar refractivity (Wildman–Crippen MR) is 76.9 cm³/mol. The zero-order chi connectivity index (χ0) is 14.3. The van der Waals surface area contributed by atoms with Crippen LogP contribution in [-0.4, -0.2) is 29.6 Å². The molecule has 4 saturated carbocycles. The summed E-state index contributed by atoms with van der Waals surface area (Å²) in [5.74, 6) is 2.51. The summed E-state index contributed by atoms with van der Waals surface area (Å²) in [6.45, 7) is 1.93. The van der Waals surface area contributed by atoms with Crippen LogP contribution in [0.3, 0.4) is 0 Å². The van der Waals surface area contributed by atoms with Gasteiger partial charge in [0.1, 0.15) is 0 Å². The highest BCUT2D eigenvalue weighted by atomic mass is 16.2. The number of hydrogen-bond acceptors (Lipinski definition) is 2. The average molecular weight is 275 g/mol. The second-order valence-electron chi connectivity index (χ2n) is 7.45. The van der Waals surface area contributed by atoms with Crippen molar-refractivity contribution in [1.82, 2.24) is 10.2 Å². The number of nitriles is 1. The second-order valence-corrected chi connectivity index (χ2v) is 7.45. The van der Waals surface area contributed by atoms with E-state index < -0.39 is 0 Å². The Morgan fingerprint density at radius 3 is 2.25 bits per heavy atom. The number of nitrogens with zero attached hydrogens (tertiary/aromatic N) is 2. The Morgan fingerprint density at radius 1 is 1.30 bits per heavy atom. The third-order valence-electron chi connectivity index (χ3n) is 5.78. The van der Waals surface area contributed by atoms with Gasteiger partial charge in [-0.2, -0.15) is 5.26 Å². The van der Waals surface area contributed by atoms with Crippen molar-refractivity contribution in [2.75, 3.05) is 7.05 Å². The molecule has 1 atom stereocenters. The summed E-state index contributed by atoms with van der Waals surface area (Å²) >= 11 is 0. The molecule has 0 radical (unpaired) electrons. The largest absolute Gasteiger partial charge is 0.333 e. The Labute approximate surface area is 121 Å². The molecule has 0 aliphatic heterocycles. The molecule has 1 N–H and O–H groups in total. The molecule has 4 aliphatic carbocycles. The quantitative estimate of drug-likeness (QED) is 0.861. The van der Waals surface area contributed by atoms with E-state index in [1.165, 1.54) is 38.5 Å². The molecular weight excluding hydrogens is 250 g/mol. The molecule has 110 valence electrons. The minimum Gasteiger partial charge on any atom is -0.333 e. The highest BCUT2D eigenvalue weighted by Gasteiger charge is 2.51. The molecule has 20 heavy (non-hydrogen) atoms. The molecule has 0 saturated heterocycles. The van der Waals surface area contributed by atoms with Gasteiger partial charge >= 0.3 is 6.03 Å². The highest BCUT2D eigenvalue weighted by Crippen LogP contribution is 2.55. The maximum atomic E-state index is 12.4. The van der Waals surface area contributed by atoms with E-state index in [1.54, 1.807) is 11.9 Å². The summed E-state index contributed by atoms with van der Waals surface area (Å²) in [4.78, 5) is 14.1. The monoisotopic (exact) mass is 275 g/mol. The van der Waals surface area contributed by atoms with Crippen LogP contribution in [0.15, 0.2) is 0 Å². The summed E-state index contributed by atoms with van der Waals surface area (Å²) in [5.41, 5.74) is 0.0620. The van der Waals surface area contributed by atoms with Gasteiger partial charge < -0.3 is 10.2 Å². The van der Waals surface area contributed by atoms with E-state index in [1.807, 2.05) is 6.92 Å². The molecule has 0 heterocycles. The molecule has 4 nitrogen and oxygen atoms in total. The number of amides is 2. The Morgan fingerprint density at radius 2 is 1.80 bits per heavy atom. The first-order chi connectivity index (χ1) is 9.51. The molecule has 4 fully saturated rings. The van der Waals surface area contributed by atoms with Crippen molar-refractivity contribution in [3.63, 3.8) is 0 Å². The number of hydrogen-bond donors (Lipinski definition) is 1. The summed E-state index contributed by atoms with van der Waals surface area (Å²) in [6.07, 6.45) is 8.06. The molecule has 4 rings (SSSR count). The number of urea groups is 1. The third kappa shape index (κ3) is 2.39. The fraction of sp³-hybridized carbons (Fsp3) is 0.875. The van der Waals surface area contributed by atoms with Gasteiger partial charge in [0.05, 0.1) is 12.5 Å². The maximum absolute atomic E-state index is 12.4. The topological polar surface area (TPSA) is 56.1 Å². The smallest absolute Gasteiger partial charge is 0.317 e. The number of carbonyl (C=O) groups excluding carboxylic acids is 1. The Bertz CT molecular complexity index is 404. The van der Waals surface area contributed by atoms with Gasteiger partial charge in [-0.1, -0.05) is 0 Å². The lowest BCUT2D eigenvalue weighted by atomic mass is 9.53.